The molecule has 1 atom stereocenters. The molecule has 2 N–H and O–H groups in total. The average Bonchev–Trinajstić information content (AvgIpc) is 2.91. The number of rotatable bonds is 0. The smallest absolute Gasteiger partial charge is 0.102 e. The summed E-state index contributed by atoms with van der Waals surface area (Å²) in [7, 11) is 0. The van der Waals surface area contributed by atoms with Crippen molar-refractivity contribution in [3.63, 3.8) is 0 Å². The van der Waals surface area contributed by atoms with E-state index in [1.807, 2.05) is 0 Å². The van der Waals surface area contributed by atoms with Crippen LogP contribution in [0.4, 0.5) is 0 Å². The Morgan fingerprint density at radius 3 is 2.06 bits per heavy atom. The molecule has 18 heavy (non-hydrogen) atoms. The minimum atomic E-state index is 0.219. The summed E-state index contributed by atoms with van der Waals surface area (Å²) in [6.45, 7) is 16.1. The van der Waals surface area contributed by atoms with Crippen LogP contribution in [0.3, 0.4) is 0 Å². The predicted octanol–water partition coefficient (Wildman–Crippen LogP) is 2.07. The Bertz CT molecular complexity index is 310. The zero-order chi connectivity index (χ0) is 13.8. The standard InChI is InChI=1S/2C7H14N2/c1-7(2,3)6-4-8-5-9-6;1-7(2,3)6-8-4-5-9-6/h5-6H,4H2,1-3H3,(H,8,9);4-5H2,1-3H3,(H,8,9). The molecule has 0 aromatic heterocycles. The van der Waals surface area contributed by atoms with Crippen LogP contribution in [0.25, 0.3) is 0 Å². The van der Waals surface area contributed by atoms with Crippen molar-refractivity contribution in [2.24, 2.45) is 20.8 Å². The highest BCUT2D eigenvalue weighted by molar-refractivity contribution is 5.88. The van der Waals surface area contributed by atoms with Crippen LogP contribution in [0.2, 0.25) is 0 Å². The highest BCUT2D eigenvalue weighted by Crippen LogP contribution is 2.20. The van der Waals surface area contributed by atoms with Gasteiger partial charge in [0.25, 0.3) is 0 Å². The minimum Gasteiger partial charge on any atom is -0.372 e. The first-order chi connectivity index (χ1) is 8.21. The molecule has 2 aliphatic heterocycles. The Morgan fingerprint density at radius 1 is 1.17 bits per heavy atom. The molecule has 0 radical (unpaired) electrons. The number of hydrogen-bond donors (Lipinski definition) is 2. The summed E-state index contributed by atoms with van der Waals surface area (Å²) in [4.78, 5) is 8.41. The number of aliphatic imine (C=N–C) groups is 2. The Balaban J connectivity index is 0.000000180. The second-order valence-corrected chi connectivity index (χ2v) is 6.99. The highest BCUT2D eigenvalue weighted by atomic mass is 15.1. The molecule has 4 nitrogen and oxygen atoms in total. The fraction of sp³-hybridized carbons (Fsp3) is 0.857. The molecule has 4 heteroatoms. The third kappa shape index (κ3) is 4.67. The maximum atomic E-state index is 4.31. The van der Waals surface area contributed by atoms with Gasteiger partial charge in [0.2, 0.25) is 0 Å². The van der Waals surface area contributed by atoms with Gasteiger partial charge in [-0.05, 0) is 5.41 Å². The second-order valence-electron chi connectivity index (χ2n) is 6.99. The zero-order valence-electron chi connectivity index (χ0n) is 12.7. The molecule has 0 aliphatic carbocycles. The summed E-state index contributed by atoms with van der Waals surface area (Å²) in [5, 5.41) is 6.45. The van der Waals surface area contributed by atoms with Gasteiger partial charge in [0.1, 0.15) is 5.84 Å². The van der Waals surface area contributed by atoms with Gasteiger partial charge in [0, 0.05) is 12.0 Å². The molecule has 0 amide bonds. The van der Waals surface area contributed by atoms with E-state index in [0.717, 1.165) is 25.5 Å². The van der Waals surface area contributed by atoms with Gasteiger partial charge in [-0.1, -0.05) is 41.5 Å². The number of hydrogen-bond acceptors (Lipinski definition) is 4. The topological polar surface area (TPSA) is 48.8 Å². The molecule has 0 fully saturated rings. The van der Waals surface area contributed by atoms with Crippen LogP contribution >= 0.6 is 0 Å². The maximum Gasteiger partial charge on any atom is 0.102 e. The van der Waals surface area contributed by atoms with Crippen molar-refractivity contribution in [1.29, 1.82) is 0 Å². The fourth-order valence-electron chi connectivity index (χ4n) is 1.78. The molecule has 0 bridgehead atoms. The molecule has 2 heterocycles. The quantitative estimate of drug-likeness (QED) is 0.693. The van der Waals surface area contributed by atoms with Gasteiger partial charge < -0.3 is 10.6 Å². The number of nitrogens with zero attached hydrogens (tertiary/aromatic N) is 2. The minimum absolute atomic E-state index is 0.219. The van der Waals surface area contributed by atoms with Gasteiger partial charge in [0.15, 0.2) is 0 Å². The lowest BCUT2D eigenvalue weighted by atomic mass is 9.87. The van der Waals surface area contributed by atoms with E-state index in [4.69, 9.17) is 0 Å². The first kappa shape index (κ1) is 15.0. The molecule has 0 aromatic rings. The summed E-state index contributed by atoms with van der Waals surface area (Å²) in [6, 6.07) is 0.539. The number of amidine groups is 1. The summed E-state index contributed by atoms with van der Waals surface area (Å²) >= 11 is 0. The molecular formula is C14H28N4. The van der Waals surface area contributed by atoms with Crippen LogP contribution in [0.5, 0.6) is 0 Å². The Morgan fingerprint density at radius 2 is 1.83 bits per heavy atom. The monoisotopic (exact) mass is 252 g/mol. The maximum absolute atomic E-state index is 4.31. The highest BCUT2D eigenvalue weighted by Gasteiger charge is 2.25. The summed E-state index contributed by atoms with van der Waals surface area (Å²) in [6.07, 6.45) is 1.80. The van der Waals surface area contributed by atoms with Crippen molar-refractivity contribution in [2.45, 2.75) is 47.6 Å². The lowest BCUT2D eigenvalue weighted by Crippen LogP contribution is -2.37. The zero-order valence-corrected chi connectivity index (χ0v) is 12.7. The fourth-order valence-corrected chi connectivity index (χ4v) is 1.78. The largest absolute Gasteiger partial charge is 0.372 e. The molecule has 104 valence electrons. The lowest BCUT2D eigenvalue weighted by Gasteiger charge is -2.25. The third-order valence-corrected chi connectivity index (χ3v) is 3.08. The van der Waals surface area contributed by atoms with Crippen molar-refractivity contribution in [3.05, 3.63) is 0 Å². The van der Waals surface area contributed by atoms with E-state index in [1.54, 1.807) is 6.34 Å². The van der Waals surface area contributed by atoms with Gasteiger partial charge >= 0.3 is 0 Å². The van der Waals surface area contributed by atoms with E-state index in [9.17, 15) is 0 Å². The van der Waals surface area contributed by atoms with Crippen LogP contribution in [-0.4, -0.2) is 37.9 Å². The van der Waals surface area contributed by atoms with Crippen molar-refractivity contribution in [2.75, 3.05) is 19.6 Å². The Kier molecular flexibility index (Phi) is 4.77. The molecule has 0 aromatic carbocycles. The third-order valence-electron chi connectivity index (χ3n) is 3.08. The van der Waals surface area contributed by atoms with E-state index in [2.05, 4.69) is 62.2 Å². The first-order valence-electron chi connectivity index (χ1n) is 6.74. The van der Waals surface area contributed by atoms with E-state index in [0.29, 0.717) is 11.5 Å². The summed E-state index contributed by atoms with van der Waals surface area (Å²) in [5.74, 6) is 1.16. The Labute approximate surface area is 111 Å². The summed E-state index contributed by atoms with van der Waals surface area (Å²) in [5.41, 5.74) is 0.562. The van der Waals surface area contributed by atoms with E-state index >= 15 is 0 Å². The van der Waals surface area contributed by atoms with Gasteiger partial charge in [-0.2, -0.15) is 0 Å². The predicted molar refractivity (Wildman–Crippen MR) is 79.5 cm³/mol. The van der Waals surface area contributed by atoms with Crippen LogP contribution in [0.1, 0.15) is 41.5 Å². The molecule has 0 spiro atoms. The van der Waals surface area contributed by atoms with Gasteiger partial charge in [-0.15, -0.1) is 0 Å². The second kappa shape index (κ2) is 5.72. The Hall–Kier alpha value is -1.06. The van der Waals surface area contributed by atoms with E-state index in [-0.39, 0.29) is 5.41 Å². The van der Waals surface area contributed by atoms with Crippen LogP contribution in [-0.2, 0) is 0 Å². The van der Waals surface area contributed by atoms with Crippen LogP contribution < -0.4 is 10.6 Å². The van der Waals surface area contributed by atoms with E-state index < -0.39 is 0 Å². The SMILES string of the molecule is CC(C)(C)C1=NCCN1.CC(C)(C)C1CN=CN1. The average molecular weight is 252 g/mol. The summed E-state index contributed by atoms with van der Waals surface area (Å²) < 4.78 is 0. The van der Waals surface area contributed by atoms with Crippen molar-refractivity contribution in [1.82, 2.24) is 10.6 Å². The first-order valence-corrected chi connectivity index (χ1v) is 6.74. The van der Waals surface area contributed by atoms with E-state index in [1.165, 1.54) is 0 Å². The molecule has 2 aliphatic rings. The molecule has 2 rings (SSSR count). The molecule has 0 saturated heterocycles. The van der Waals surface area contributed by atoms with Gasteiger partial charge in [-0.3, -0.25) is 9.98 Å². The molecular weight excluding hydrogens is 224 g/mol. The van der Waals surface area contributed by atoms with Gasteiger partial charge in [-0.25, -0.2) is 0 Å². The van der Waals surface area contributed by atoms with Crippen molar-refractivity contribution < 1.29 is 0 Å². The molecule has 1 unspecified atom stereocenters. The van der Waals surface area contributed by atoms with Crippen molar-refractivity contribution in [3.8, 4) is 0 Å². The lowest BCUT2D eigenvalue weighted by molar-refractivity contribution is 0.315. The van der Waals surface area contributed by atoms with Crippen LogP contribution in [0, 0.1) is 10.8 Å². The molecule has 0 saturated carbocycles. The van der Waals surface area contributed by atoms with Crippen LogP contribution in [0.15, 0.2) is 9.98 Å². The number of nitrogens with one attached hydrogen (secondary N) is 2. The van der Waals surface area contributed by atoms with Crippen molar-refractivity contribution >= 4 is 12.2 Å². The normalized spacial score (nSPS) is 22.8. The van der Waals surface area contributed by atoms with Gasteiger partial charge in [0.05, 0.1) is 25.5 Å².